The van der Waals surface area contributed by atoms with Gasteiger partial charge in [-0.3, -0.25) is 4.79 Å². The molecule has 1 N–H and O–H groups in total. The zero-order valence-electron chi connectivity index (χ0n) is 14.9. The van der Waals surface area contributed by atoms with Crippen molar-refractivity contribution in [3.63, 3.8) is 0 Å². The molecule has 4 aliphatic rings. The number of unbranched alkanes of at least 4 members (excludes halogenated alkanes) is 1. The highest BCUT2D eigenvalue weighted by atomic mass is 16.6. The van der Waals surface area contributed by atoms with E-state index in [1.165, 1.54) is 0 Å². The van der Waals surface area contributed by atoms with Crippen molar-refractivity contribution < 1.29 is 19.4 Å². The highest BCUT2D eigenvalue weighted by Crippen LogP contribution is 2.50. The minimum atomic E-state index is -0.548. The lowest BCUT2D eigenvalue weighted by Gasteiger charge is -2.37. The molecule has 136 valence electrons. The first-order valence-electron chi connectivity index (χ1n) is 10.1. The Hall–Kier alpha value is -0.610. The Balaban J connectivity index is 1.44. The fourth-order valence-corrected chi connectivity index (χ4v) is 5.53. The molecule has 2 aliphatic carbocycles. The standard InChI is InChI=1S/C20H32O4/c1-2-3-8-20(19(21)22,11-13-4-6-15-17(9-13)23-15)12-14-5-7-16-18(10-14)24-16/h13-18H,2-12H2,1H3,(H,21,22). The Kier molecular flexibility index (Phi) is 4.63. The third-order valence-corrected chi connectivity index (χ3v) is 7.05. The van der Waals surface area contributed by atoms with Crippen LogP contribution < -0.4 is 0 Å². The lowest BCUT2D eigenvalue weighted by molar-refractivity contribution is -0.152. The van der Waals surface area contributed by atoms with E-state index in [2.05, 4.69) is 6.92 Å². The Labute approximate surface area is 145 Å². The molecule has 6 atom stereocenters. The molecule has 0 aromatic heterocycles. The SMILES string of the molecule is CCCCC(CC1CCC2OC2C1)(CC1CCC2OC2C1)C(=O)O. The predicted octanol–water partition coefficient (Wildman–Crippen LogP) is 4.16. The third kappa shape index (κ3) is 3.50. The molecule has 0 spiro atoms. The van der Waals surface area contributed by atoms with E-state index in [1.807, 2.05) is 0 Å². The number of rotatable bonds is 8. The van der Waals surface area contributed by atoms with Crippen molar-refractivity contribution in [2.24, 2.45) is 17.3 Å². The summed E-state index contributed by atoms with van der Waals surface area (Å²) in [6, 6.07) is 0. The first kappa shape index (κ1) is 16.8. The topological polar surface area (TPSA) is 62.4 Å². The zero-order chi connectivity index (χ0) is 16.7. The van der Waals surface area contributed by atoms with Gasteiger partial charge in [0.15, 0.2) is 0 Å². The molecule has 2 aliphatic heterocycles. The van der Waals surface area contributed by atoms with Crippen molar-refractivity contribution in [1.82, 2.24) is 0 Å². The van der Waals surface area contributed by atoms with Crippen LogP contribution in [0, 0.1) is 17.3 Å². The molecule has 0 amide bonds. The van der Waals surface area contributed by atoms with E-state index in [-0.39, 0.29) is 0 Å². The van der Waals surface area contributed by atoms with Crippen LogP contribution >= 0.6 is 0 Å². The number of carboxylic acids is 1. The van der Waals surface area contributed by atoms with Gasteiger partial charge in [-0.2, -0.15) is 0 Å². The van der Waals surface area contributed by atoms with Gasteiger partial charge in [0.2, 0.25) is 0 Å². The number of epoxide rings is 2. The molecule has 6 unspecified atom stereocenters. The maximum absolute atomic E-state index is 12.4. The zero-order valence-corrected chi connectivity index (χ0v) is 14.9. The molecule has 24 heavy (non-hydrogen) atoms. The quantitative estimate of drug-likeness (QED) is 0.676. The van der Waals surface area contributed by atoms with E-state index in [0.29, 0.717) is 36.3 Å². The van der Waals surface area contributed by atoms with Gasteiger partial charge >= 0.3 is 5.97 Å². The molecule has 2 saturated carbocycles. The van der Waals surface area contributed by atoms with Crippen LogP contribution in [-0.4, -0.2) is 35.5 Å². The van der Waals surface area contributed by atoms with Crippen LogP contribution in [0.1, 0.15) is 77.6 Å². The molecule has 4 rings (SSSR count). The van der Waals surface area contributed by atoms with Crippen LogP contribution in [0.25, 0.3) is 0 Å². The number of hydrogen-bond donors (Lipinski definition) is 1. The van der Waals surface area contributed by atoms with E-state index < -0.39 is 11.4 Å². The normalized spacial score (nSPS) is 42.5. The summed E-state index contributed by atoms with van der Waals surface area (Å²) in [5, 5.41) is 10.2. The van der Waals surface area contributed by atoms with E-state index in [1.54, 1.807) is 0 Å². The molecule has 4 fully saturated rings. The summed E-state index contributed by atoms with van der Waals surface area (Å²) in [6.07, 6.45) is 13.3. The average molecular weight is 336 g/mol. The van der Waals surface area contributed by atoms with Gasteiger partial charge in [0.1, 0.15) is 0 Å². The minimum absolute atomic E-state index is 0.441. The molecule has 4 nitrogen and oxygen atoms in total. The first-order valence-corrected chi connectivity index (χ1v) is 10.1. The number of hydrogen-bond acceptors (Lipinski definition) is 3. The molecule has 2 heterocycles. The van der Waals surface area contributed by atoms with Gasteiger partial charge in [0, 0.05) is 0 Å². The molecular weight excluding hydrogens is 304 g/mol. The summed E-state index contributed by atoms with van der Waals surface area (Å²) in [5.74, 6) is 0.527. The van der Waals surface area contributed by atoms with Crippen LogP contribution in [0.3, 0.4) is 0 Å². The molecule has 0 radical (unpaired) electrons. The van der Waals surface area contributed by atoms with Gasteiger partial charge in [-0.05, 0) is 69.6 Å². The Morgan fingerprint density at radius 3 is 1.92 bits per heavy atom. The third-order valence-electron chi connectivity index (χ3n) is 7.05. The molecule has 0 aromatic rings. The van der Waals surface area contributed by atoms with E-state index in [0.717, 1.165) is 70.6 Å². The number of carbonyl (C=O) groups is 1. The van der Waals surface area contributed by atoms with Gasteiger partial charge in [-0.1, -0.05) is 19.8 Å². The smallest absolute Gasteiger partial charge is 0.309 e. The van der Waals surface area contributed by atoms with E-state index in [9.17, 15) is 9.90 Å². The number of ether oxygens (including phenoxy) is 2. The van der Waals surface area contributed by atoms with Crippen molar-refractivity contribution in [1.29, 1.82) is 0 Å². The van der Waals surface area contributed by atoms with Crippen molar-refractivity contribution in [3.05, 3.63) is 0 Å². The van der Waals surface area contributed by atoms with Gasteiger partial charge in [-0.15, -0.1) is 0 Å². The fraction of sp³-hybridized carbons (Fsp3) is 0.950. The van der Waals surface area contributed by atoms with Crippen LogP contribution in [0.15, 0.2) is 0 Å². The number of fused-ring (bicyclic) bond motifs is 2. The predicted molar refractivity (Wildman–Crippen MR) is 90.8 cm³/mol. The van der Waals surface area contributed by atoms with Crippen LogP contribution in [-0.2, 0) is 14.3 Å². The van der Waals surface area contributed by atoms with Gasteiger partial charge < -0.3 is 14.6 Å². The maximum Gasteiger partial charge on any atom is 0.309 e. The van der Waals surface area contributed by atoms with E-state index in [4.69, 9.17) is 9.47 Å². The minimum Gasteiger partial charge on any atom is -0.481 e. The van der Waals surface area contributed by atoms with Gasteiger partial charge in [-0.25, -0.2) is 0 Å². The van der Waals surface area contributed by atoms with Crippen molar-refractivity contribution >= 4 is 5.97 Å². The highest BCUT2D eigenvalue weighted by molar-refractivity contribution is 5.74. The first-order chi connectivity index (χ1) is 11.6. The Morgan fingerprint density at radius 2 is 1.50 bits per heavy atom. The molecule has 4 heteroatoms. The van der Waals surface area contributed by atoms with Gasteiger partial charge in [0.05, 0.1) is 29.8 Å². The second-order valence-electron chi connectivity index (χ2n) is 8.88. The lowest BCUT2D eigenvalue weighted by atomic mass is 9.66. The Morgan fingerprint density at radius 1 is 0.958 bits per heavy atom. The molecule has 2 saturated heterocycles. The summed E-state index contributed by atoms with van der Waals surface area (Å²) in [7, 11) is 0. The molecule has 0 bridgehead atoms. The summed E-state index contributed by atoms with van der Waals surface area (Å²) in [4.78, 5) is 12.4. The van der Waals surface area contributed by atoms with Gasteiger partial charge in [0.25, 0.3) is 0 Å². The summed E-state index contributed by atoms with van der Waals surface area (Å²) < 4.78 is 11.3. The highest BCUT2D eigenvalue weighted by Gasteiger charge is 2.50. The van der Waals surface area contributed by atoms with Crippen LogP contribution in [0.2, 0.25) is 0 Å². The molecular formula is C20H32O4. The second-order valence-corrected chi connectivity index (χ2v) is 8.88. The number of aliphatic carboxylic acids is 1. The van der Waals surface area contributed by atoms with Crippen LogP contribution in [0.4, 0.5) is 0 Å². The summed E-state index contributed by atoms with van der Waals surface area (Å²) >= 11 is 0. The van der Waals surface area contributed by atoms with Crippen molar-refractivity contribution in [2.45, 2.75) is 102 Å². The monoisotopic (exact) mass is 336 g/mol. The van der Waals surface area contributed by atoms with E-state index >= 15 is 0 Å². The average Bonchev–Trinajstić information content (AvgIpc) is 3.45. The maximum atomic E-state index is 12.4. The Bertz CT molecular complexity index is 446. The van der Waals surface area contributed by atoms with Crippen LogP contribution in [0.5, 0.6) is 0 Å². The fourth-order valence-electron chi connectivity index (χ4n) is 5.53. The van der Waals surface area contributed by atoms with Crippen molar-refractivity contribution in [2.75, 3.05) is 0 Å². The molecule has 0 aromatic carbocycles. The number of carboxylic acid groups (broad SMARTS) is 1. The van der Waals surface area contributed by atoms with Crippen molar-refractivity contribution in [3.8, 4) is 0 Å². The largest absolute Gasteiger partial charge is 0.481 e. The summed E-state index contributed by atoms with van der Waals surface area (Å²) in [6.45, 7) is 2.17. The summed E-state index contributed by atoms with van der Waals surface area (Å²) in [5.41, 5.74) is -0.519. The second kappa shape index (κ2) is 6.60. The lowest BCUT2D eigenvalue weighted by Crippen LogP contribution is -2.37.